The standard InChI is InChI=1S/C18H15ClF3N3O4S2/c1-8-3-11(19)6-12(15(8)26)16(27)25-17-24-14-9(7-23-31(2,28)29)4-10(18(20,21)22)5-13(14)30-17/h3-6,23,26H,7H2,1-2H3,(H,24,25,27). The van der Waals surface area contributed by atoms with E-state index in [1.54, 1.807) is 6.92 Å². The highest BCUT2D eigenvalue weighted by Crippen LogP contribution is 2.37. The number of carbonyl (C=O) groups excluding carboxylic acids is 1. The van der Waals surface area contributed by atoms with Gasteiger partial charge in [0.1, 0.15) is 5.75 Å². The first-order valence-corrected chi connectivity index (χ1v) is 11.6. The predicted molar refractivity (Wildman–Crippen MR) is 112 cm³/mol. The summed E-state index contributed by atoms with van der Waals surface area (Å²) in [7, 11) is -3.67. The van der Waals surface area contributed by atoms with E-state index in [0.717, 1.165) is 29.7 Å². The molecule has 31 heavy (non-hydrogen) atoms. The highest BCUT2D eigenvalue weighted by Gasteiger charge is 2.32. The fourth-order valence-corrected chi connectivity index (χ4v) is 4.37. The van der Waals surface area contributed by atoms with Crippen LogP contribution >= 0.6 is 22.9 Å². The maximum Gasteiger partial charge on any atom is 0.416 e. The maximum absolute atomic E-state index is 13.3. The van der Waals surface area contributed by atoms with Gasteiger partial charge in [0.25, 0.3) is 5.91 Å². The Balaban J connectivity index is 2.02. The van der Waals surface area contributed by atoms with Crippen molar-refractivity contribution in [3.8, 4) is 5.75 Å². The summed E-state index contributed by atoms with van der Waals surface area (Å²) in [5.41, 5.74) is -0.635. The number of aromatic hydroxyl groups is 1. The molecule has 1 aromatic heterocycles. The van der Waals surface area contributed by atoms with Crippen molar-refractivity contribution in [1.82, 2.24) is 9.71 Å². The SMILES string of the molecule is Cc1cc(Cl)cc(C(=O)Nc2nc3c(CNS(C)(=O)=O)cc(C(F)(F)F)cc3s2)c1O. The number of alkyl halides is 3. The van der Waals surface area contributed by atoms with Crippen molar-refractivity contribution >= 4 is 54.2 Å². The Kier molecular flexibility index (Phi) is 6.20. The second kappa shape index (κ2) is 8.26. The molecule has 2 aromatic carbocycles. The summed E-state index contributed by atoms with van der Waals surface area (Å²) in [4.78, 5) is 16.7. The molecule has 0 atom stereocenters. The van der Waals surface area contributed by atoms with Crippen LogP contribution in [0.2, 0.25) is 5.02 Å². The lowest BCUT2D eigenvalue weighted by atomic mass is 10.1. The highest BCUT2D eigenvalue weighted by atomic mass is 35.5. The Morgan fingerprint density at radius 3 is 2.55 bits per heavy atom. The minimum absolute atomic E-state index is 0.00607. The van der Waals surface area contributed by atoms with Crippen LogP contribution in [0.4, 0.5) is 18.3 Å². The van der Waals surface area contributed by atoms with E-state index >= 15 is 0 Å². The molecule has 3 aromatic rings. The summed E-state index contributed by atoms with van der Waals surface area (Å²) in [6.45, 7) is 1.14. The van der Waals surface area contributed by atoms with Gasteiger partial charge in [0.05, 0.1) is 27.6 Å². The largest absolute Gasteiger partial charge is 0.507 e. The van der Waals surface area contributed by atoms with E-state index < -0.39 is 34.2 Å². The zero-order valence-corrected chi connectivity index (χ0v) is 18.4. The van der Waals surface area contributed by atoms with Crippen LogP contribution in [0.25, 0.3) is 10.2 Å². The monoisotopic (exact) mass is 493 g/mol. The van der Waals surface area contributed by atoms with Gasteiger partial charge in [-0.1, -0.05) is 22.9 Å². The van der Waals surface area contributed by atoms with Crippen LogP contribution in [0.5, 0.6) is 5.75 Å². The van der Waals surface area contributed by atoms with Gasteiger partial charge >= 0.3 is 6.18 Å². The summed E-state index contributed by atoms with van der Waals surface area (Å²) in [6.07, 6.45) is -3.78. The molecule has 0 radical (unpaired) electrons. The number of carbonyl (C=O) groups is 1. The number of phenols is 1. The number of benzene rings is 2. The number of anilines is 1. The lowest BCUT2D eigenvalue weighted by Gasteiger charge is -2.10. The molecule has 166 valence electrons. The molecular formula is C18H15ClF3N3O4S2. The third-order valence-electron chi connectivity index (χ3n) is 4.16. The van der Waals surface area contributed by atoms with Gasteiger partial charge in [0, 0.05) is 11.6 Å². The molecule has 0 bridgehead atoms. The molecule has 1 heterocycles. The van der Waals surface area contributed by atoms with Crippen molar-refractivity contribution in [3.63, 3.8) is 0 Å². The quantitative estimate of drug-likeness (QED) is 0.491. The van der Waals surface area contributed by atoms with Gasteiger partial charge in [0.15, 0.2) is 5.13 Å². The summed E-state index contributed by atoms with van der Waals surface area (Å²) in [5.74, 6) is -1.05. The summed E-state index contributed by atoms with van der Waals surface area (Å²) >= 11 is 6.70. The molecule has 0 aliphatic heterocycles. The molecule has 0 aliphatic rings. The van der Waals surface area contributed by atoms with E-state index in [9.17, 15) is 31.5 Å². The number of hydrogen-bond donors (Lipinski definition) is 3. The third kappa shape index (κ3) is 5.45. The van der Waals surface area contributed by atoms with Crippen LogP contribution in [-0.4, -0.2) is 30.7 Å². The molecule has 13 heteroatoms. The molecular weight excluding hydrogens is 479 g/mol. The second-order valence-electron chi connectivity index (χ2n) is 6.67. The topological polar surface area (TPSA) is 108 Å². The fraction of sp³-hybridized carbons (Fsp3) is 0.222. The molecule has 0 unspecified atom stereocenters. The number of thiazole rings is 1. The number of rotatable bonds is 5. The van der Waals surface area contributed by atoms with E-state index in [-0.39, 0.29) is 37.2 Å². The minimum Gasteiger partial charge on any atom is -0.507 e. The van der Waals surface area contributed by atoms with Gasteiger partial charge in [-0.15, -0.1) is 0 Å². The van der Waals surface area contributed by atoms with Crippen LogP contribution in [0.3, 0.4) is 0 Å². The molecule has 3 N–H and O–H groups in total. The average molecular weight is 494 g/mol. The van der Waals surface area contributed by atoms with Gasteiger partial charge in [-0.05, 0) is 42.3 Å². The highest BCUT2D eigenvalue weighted by molar-refractivity contribution is 7.88. The summed E-state index contributed by atoms with van der Waals surface area (Å²) < 4.78 is 64.8. The van der Waals surface area contributed by atoms with E-state index in [4.69, 9.17) is 11.6 Å². The molecule has 0 aliphatic carbocycles. The number of aromatic nitrogens is 1. The number of sulfonamides is 1. The number of fused-ring (bicyclic) bond motifs is 1. The fourth-order valence-electron chi connectivity index (χ4n) is 2.73. The summed E-state index contributed by atoms with van der Waals surface area (Å²) in [6, 6.07) is 4.38. The van der Waals surface area contributed by atoms with Crippen LogP contribution in [-0.2, 0) is 22.7 Å². The molecule has 1 amide bonds. The minimum atomic E-state index is -4.66. The van der Waals surface area contributed by atoms with Gasteiger partial charge in [-0.25, -0.2) is 18.1 Å². The first kappa shape index (κ1) is 23.3. The number of amides is 1. The Bertz CT molecular complexity index is 1290. The molecule has 0 saturated carbocycles. The normalized spacial score (nSPS) is 12.3. The molecule has 0 spiro atoms. The van der Waals surface area contributed by atoms with Crippen molar-refractivity contribution in [1.29, 1.82) is 0 Å². The Morgan fingerprint density at radius 1 is 1.26 bits per heavy atom. The zero-order chi connectivity index (χ0) is 23.1. The van der Waals surface area contributed by atoms with Gasteiger partial charge in [-0.2, -0.15) is 13.2 Å². The van der Waals surface area contributed by atoms with E-state index in [2.05, 4.69) is 15.0 Å². The lowest BCUT2D eigenvalue weighted by Crippen LogP contribution is -2.21. The van der Waals surface area contributed by atoms with Crippen molar-refractivity contribution in [2.24, 2.45) is 0 Å². The van der Waals surface area contributed by atoms with Crippen molar-refractivity contribution < 1.29 is 31.5 Å². The van der Waals surface area contributed by atoms with E-state index in [0.29, 0.717) is 5.56 Å². The molecule has 0 saturated heterocycles. The zero-order valence-electron chi connectivity index (χ0n) is 16.0. The van der Waals surface area contributed by atoms with Crippen LogP contribution in [0, 0.1) is 6.92 Å². The van der Waals surface area contributed by atoms with Gasteiger partial charge < -0.3 is 5.11 Å². The first-order chi connectivity index (χ1) is 14.2. The molecule has 7 nitrogen and oxygen atoms in total. The number of aryl methyl sites for hydroxylation is 1. The Hall–Kier alpha value is -2.41. The number of nitrogens with one attached hydrogen (secondary N) is 2. The lowest BCUT2D eigenvalue weighted by molar-refractivity contribution is -0.137. The predicted octanol–water partition coefficient (Wildman–Crippen LogP) is 4.28. The third-order valence-corrected chi connectivity index (χ3v) is 5.96. The number of hydrogen-bond acceptors (Lipinski definition) is 6. The Morgan fingerprint density at radius 2 is 1.94 bits per heavy atom. The first-order valence-electron chi connectivity index (χ1n) is 8.50. The van der Waals surface area contributed by atoms with Crippen molar-refractivity contribution in [3.05, 3.63) is 51.5 Å². The number of nitrogens with zero attached hydrogens (tertiary/aromatic N) is 1. The molecule has 3 rings (SSSR count). The maximum atomic E-state index is 13.3. The van der Waals surface area contributed by atoms with E-state index in [1.807, 2.05) is 0 Å². The number of halogens is 4. The smallest absolute Gasteiger partial charge is 0.416 e. The van der Waals surface area contributed by atoms with Gasteiger partial charge in [0.2, 0.25) is 10.0 Å². The summed E-state index contributed by atoms with van der Waals surface area (Å²) in [5, 5.41) is 12.7. The second-order valence-corrected chi connectivity index (χ2v) is 9.97. The van der Waals surface area contributed by atoms with Crippen LogP contribution < -0.4 is 10.0 Å². The van der Waals surface area contributed by atoms with Crippen LogP contribution in [0.15, 0.2) is 24.3 Å². The average Bonchev–Trinajstić information content (AvgIpc) is 3.03. The van der Waals surface area contributed by atoms with Gasteiger partial charge in [-0.3, -0.25) is 10.1 Å². The molecule has 0 fully saturated rings. The van der Waals surface area contributed by atoms with E-state index in [1.165, 1.54) is 12.1 Å². The number of phenolic OH excluding ortho intramolecular Hbond substituents is 1. The van der Waals surface area contributed by atoms with Crippen molar-refractivity contribution in [2.75, 3.05) is 11.6 Å². The van der Waals surface area contributed by atoms with Crippen LogP contribution in [0.1, 0.15) is 27.0 Å². The van der Waals surface area contributed by atoms with Crippen molar-refractivity contribution in [2.45, 2.75) is 19.6 Å². The Labute approximate surface area is 183 Å².